The van der Waals surface area contributed by atoms with Crippen molar-refractivity contribution in [2.24, 2.45) is 4.99 Å². The van der Waals surface area contributed by atoms with Crippen LogP contribution in [0.2, 0.25) is 0 Å². The Bertz CT molecular complexity index is 516. The molecule has 4 nitrogen and oxygen atoms in total. The van der Waals surface area contributed by atoms with E-state index in [1.165, 1.54) is 5.69 Å². The van der Waals surface area contributed by atoms with Crippen LogP contribution in [0.3, 0.4) is 0 Å². The molecule has 0 fully saturated rings. The lowest BCUT2D eigenvalue weighted by atomic mass is 10.2. The van der Waals surface area contributed by atoms with Crippen molar-refractivity contribution in [2.45, 2.75) is 13.8 Å². The number of aliphatic imine (C=N–C) groups is 1. The van der Waals surface area contributed by atoms with E-state index in [1.54, 1.807) is 24.7 Å². The van der Waals surface area contributed by atoms with Gasteiger partial charge in [-0.1, -0.05) is 12.1 Å². The van der Waals surface area contributed by atoms with Crippen molar-refractivity contribution in [1.82, 2.24) is 9.97 Å². The number of hydrogen-bond donors (Lipinski definition) is 0. The Labute approximate surface area is 113 Å². The molecule has 0 atom stereocenters. The summed E-state index contributed by atoms with van der Waals surface area (Å²) in [4.78, 5) is 14.6. The summed E-state index contributed by atoms with van der Waals surface area (Å²) in [6, 6.07) is 10.1. The van der Waals surface area contributed by atoms with Gasteiger partial charge in [0.15, 0.2) is 0 Å². The molecule has 2 aromatic rings. The standard InChI is InChI=1S/C15H18N4/c1-3-19(4-2)14-8-6-13(7-9-14)12-18-15-16-10-5-11-17-15/h5-12H,3-4H2,1-2H3/b18-12+. The summed E-state index contributed by atoms with van der Waals surface area (Å²) in [5, 5.41) is 0. The first-order valence-corrected chi connectivity index (χ1v) is 6.49. The maximum atomic E-state index is 4.23. The third-order valence-electron chi connectivity index (χ3n) is 2.90. The van der Waals surface area contributed by atoms with E-state index in [0.717, 1.165) is 18.7 Å². The lowest BCUT2D eigenvalue weighted by Gasteiger charge is -2.20. The maximum Gasteiger partial charge on any atom is 0.249 e. The van der Waals surface area contributed by atoms with Crippen molar-refractivity contribution in [1.29, 1.82) is 0 Å². The predicted octanol–water partition coefficient (Wildman–Crippen LogP) is 3.07. The fourth-order valence-corrected chi connectivity index (χ4v) is 1.85. The van der Waals surface area contributed by atoms with Gasteiger partial charge in [-0.3, -0.25) is 0 Å². The highest BCUT2D eigenvalue weighted by atomic mass is 15.1. The summed E-state index contributed by atoms with van der Waals surface area (Å²) in [7, 11) is 0. The van der Waals surface area contributed by atoms with Crippen molar-refractivity contribution < 1.29 is 0 Å². The molecular formula is C15H18N4. The average Bonchev–Trinajstić information content (AvgIpc) is 2.49. The van der Waals surface area contributed by atoms with Crippen LogP contribution in [0.25, 0.3) is 0 Å². The van der Waals surface area contributed by atoms with Gasteiger partial charge in [0, 0.05) is 37.4 Å². The normalized spacial score (nSPS) is 10.8. The van der Waals surface area contributed by atoms with Crippen molar-refractivity contribution >= 4 is 17.9 Å². The Balaban J connectivity index is 2.09. The highest BCUT2D eigenvalue weighted by Gasteiger charge is 2.00. The van der Waals surface area contributed by atoms with Crippen LogP contribution >= 0.6 is 0 Å². The van der Waals surface area contributed by atoms with E-state index < -0.39 is 0 Å². The van der Waals surface area contributed by atoms with Crippen molar-refractivity contribution in [2.75, 3.05) is 18.0 Å². The minimum Gasteiger partial charge on any atom is -0.372 e. The molecule has 0 saturated heterocycles. The molecule has 0 spiro atoms. The highest BCUT2D eigenvalue weighted by Crippen LogP contribution is 2.14. The average molecular weight is 254 g/mol. The first-order chi connectivity index (χ1) is 9.33. The van der Waals surface area contributed by atoms with Gasteiger partial charge in [0.25, 0.3) is 0 Å². The molecule has 1 heterocycles. The summed E-state index contributed by atoms with van der Waals surface area (Å²) in [6.45, 7) is 6.35. The highest BCUT2D eigenvalue weighted by molar-refractivity contribution is 5.81. The molecule has 0 aliphatic rings. The Kier molecular flexibility index (Phi) is 4.61. The van der Waals surface area contributed by atoms with E-state index in [0.29, 0.717) is 5.95 Å². The second-order valence-electron chi connectivity index (χ2n) is 4.07. The van der Waals surface area contributed by atoms with Crippen LogP contribution in [0.5, 0.6) is 0 Å². The number of rotatable bonds is 5. The summed E-state index contributed by atoms with van der Waals surface area (Å²) < 4.78 is 0. The zero-order valence-corrected chi connectivity index (χ0v) is 11.3. The molecule has 0 amide bonds. The summed E-state index contributed by atoms with van der Waals surface area (Å²) in [5.74, 6) is 0.482. The minimum atomic E-state index is 0.482. The molecule has 0 unspecified atom stereocenters. The molecular weight excluding hydrogens is 236 g/mol. The van der Waals surface area contributed by atoms with Gasteiger partial charge in [0.05, 0.1) is 0 Å². The smallest absolute Gasteiger partial charge is 0.249 e. The third-order valence-corrected chi connectivity index (χ3v) is 2.90. The molecule has 1 aromatic heterocycles. The molecule has 0 aliphatic carbocycles. The Morgan fingerprint density at radius 3 is 2.26 bits per heavy atom. The van der Waals surface area contributed by atoms with E-state index in [9.17, 15) is 0 Å². The lowest BCUT2D eigenvalue weighted by Crippen LogP contribution is -2.21. The van der Waals surface area contributed by atoms with Gasteiger partial charge >= 0.3 is 0 Å². The molecule has 19 heavy (non-hydrogen) atoms. The second kappa shape index (κ2) is 6.64. The first-order valence-electron chi connectivity index (χ1n) is 6.49. The Morgan fingerprint density at radius 1 is 1.05 bits per heavy atom. The maximum absolute atomic E-state index is 4.23. The predicted molar refractivity (Wildman–Crippen MR) is 79.3 cm³/mol. The molecule has 1 aromatic carbocycles. The van der Waals surface area contributed by atoms with Crippen LogP contribution in [-0.2, 0) is 0 Å². The van der Waals surface area contributed by atoms with Crippen LogP contribution < -0.4 is 4.90 Å². The molecule has 0 bridgehead atoms. The van der Waals surface area contributed by atoms with Crippen LogP contribution in [0, 0.1) is 0 Å². The Hall–Kier alpha value is -2.23. The van der Waals surface area contributed by atoms with Gasteiger partial charge < -0.3 is 4.90 Å². The van der Waals surface area contributed by atoms with E-state index in [-0.39, 0.29) is 0 Å². The zero-order valence-electron chi connectivity index (χ0n) is 11.3. The van der Waals surface area contributed by atoms with Crippen molar-refractivity contribution in [3.63, 3.8) is 0 Å². The van der Waals surface area contributed by atoms with E-state index in [4.69, 9.17) is 0 Å². The summed E-state index contributed by atoms with van der Waals surface area (Å²) in [6.07, 6.45) is 5.15. The topological polar surface area (TPSA) is 41.4 Å². The first kappa shape index (κ1) is 13.2. The monoisotopic (exact) mass is 254 g/mol. The lowest BCUT2D eigenvalue weighted by molar-refractivity contribution is 0.866. The fraction of sp³-hybridized carbons (Fsp3) is 0.267. The second-order valence-corrected chi connectivity index (χ2v) is 4.07. The van der Waals surface area contributed by atoms with Gasteiger partial charge in [-0.25, -0.2) is 15.0 Å². The molecule has 98 valence electrons. The van der Waals surface area contributed by atoms with Gasteiger partial charge in [-0.2, -0.15) is 0 Å². The van der Waals surface area contributed by atoms with E-state index in [2.05, 4.69) is 58.0 Å². The van der Waals surface area contributed by atoms with Crippen LogP contribution in [0.1, 0.15) is 19.4 Å². The van der Waals surface area contributed by atoms with E-state index >= 15 is 0 Å². The van der Waals surface area contributed by atoms with Crippen LogP contribution in [0.4, 0.5) is 11.6 Å². The number of anilines is 1. The van der Waals surface area contributed by atoms with Gasteiger partial charge in [-0.05, 0) is 37.6 Å². The number of nitrogens with zero attached hydrogens (tertiary/aromatic N) is 4. The molecule has 4 heteroatoms. The fourth-order valence-electron chi connectivity index (χ4n) is 1.85. The van der Waals surface area contributed by atoms with Gasteiger partial charge in [-0.15, -0.1) is 0 Å². The molecule has 2 rings (SSSR count). The van der Waals surface area contributed by atoms with Crippen molar-refractivity contribution in [3.8, 4) is 0 Å². The van der Waals surface area contributed by atoms with Crippen molar-refractivity contribution in [3.05, 3.63) is 48.3 Å². The summed E-state index contributed by atoms with van der Waals surface area (Å²) >= 11 is 0. The number of benzene rings is 1. The molecule has 0 radical (unpaired) electrons. The summed E-state index contributed by atoms with van der Waals surface area (Å²) in [5.41, 5.74) is 2.28. The molecule has 0 saturated carbocycles. The SMILES string of the molecule is CCN(CC)c1ccc(/C=N/c2ncccn2)cc1. The number of hydrogen-bond acceptors (Lipinski definition) is 4. The zero-order chi connectivity index (χ0) is 13.5. The van der Waals surface area contributed by atoms with Gasteiger partial charge in [0.1, 0.15) is 0 Å². The van der Waals surface area contributed by atoms with Crippen LogP contribution in [0.15, 0.2) is 47.7 Å². The van der Waals surface area contributed by atoms with E-state index in [1.807, 2.05) is 0 Å². The third kappa shape index (κ3) is 3.61. The quantitative estimate of drug-likeness (QED) is 0.770. The minimum absolute atomic E-state index is 0.482. The van der Waals surface area contributed by atoms with Gasteiger partial charge in [0.2, 0.25) is 5.95 Å². The largest absolute Gasteiger partial charge is 0.372 e. The Morgan fingerprint density at radius 2 is 1.68 bits per heavy atom. The number of aromatic nitrogens is 2. The molecule has 0 N–H and O–H groups in total. The van der Waals surface area contributed by atoms with Crippen LogP contribution in [-0.4, -0.2) is 29.3 Å². The molecule has 0 aliphatic heterocycles.